The Morgan fingerprint density at radius 3 is 2.44 bits per heavy atom. The first-order valence-corrected chi connectivity index (χ1v) is 7.17. The van der Waals surface area contributed by atoms with Gasteiger partial charge in [-0.05, 0) is 31.4 Å². The summed E-state index contributed by atoms with van der Waals surface area (Å²) in [7, 11) is 3.25. The summed E-state index contributed by atoms with van der Waals surface area (Å²) in [5, 5.41) is 1.20. The minimum Gasteiger partial charge on any atom is -0.388 e. The van der Waals surface area contributed by atoms with E-state index < -0.39 is 0 Å². The summed E-state index contributed by atoms with van der Waals surface area (Å²) in [6.45, 7) is 2.36. The van der Waals surface area contributed by atoms with E-state index in [1.807, 2.05) is 11.3 Å². The molecule has 1 fully saturated rings. The Morgan fingerprint density at radius 2 is 1.78 bits per heavy atom. The second kappa shape index (κ2) is 6.71. The van der Waals surface area contributed by atoms with Crippen molar-refractivity contribution < 1.29 is 4.74 Å². The molecule has 0 spiro atoms. The smallest absolute Gasteiger partial charge is 0.186 e. The van der Waals surface area contributed by atoms with Gasteiger partial charge in [0, 0.05) is 27.3 Å². The average molecular weight is 264 g/mol. The monoisotopic (exact) mass is 264 g/mol. The van der Waals surface area contributed by atoms with E-state index in [-0.39, 0.29) is 0 Å². The molecule has 1 aromatic carbocycles. The van der Waals surface area contributed by atoms with Crippen LogP contribution in [0.3, 0.4) is 0 Å². The third-order valence-electron chi connectivity index (χ3n) is 2.91. The van der Waals surface area contributed by atoms with Crippen LogP contribution in [0.25, 0.3) is 10.2 Å². The summed E-state index contributed by atoms with van der Waals surface area (Å²) >= 11 is 1.82. The third-order valence-corrected chi connectivity index (χ3v) is 4.01. The van der Waals surface area contributed by atoms with Crippen LogP contribution in [0.4, 0.5) is 5.13 Å². The second-order valence-corrected chi connectivity index (χ2v) is 5.43. The SMILES string of the molecule is COC.c1ccc2sc(N3CCCCC3)nc2c1. The second-order valence-electron chi connectivity index (χ2n) is 4.42. The Labute approximate surface area is 112 Å². The van der Waals surface area contributed by atoms with Crippen LogP contribution in [0.5, 0.6) is 0 Å². The van der Waals surface area contributed by atoms with Crippen molar-refractivity contribution in [3.05, 3.63) is 24.3 Å². The number of nitrogens with zero attached hydrogens (tertiary/aromatic N) is 2. The van der Waals surface area contributed by atoms with Gasteiger partial charge in [0.15, 0.2) is 5.13 Å². The zero-order valence-corrected chi connectivity index (χ0v) is 11.9. The molecule has 0 atom stereocenters. The molecule has 0 radical (unpaired) electrons. The maximum atomic E-state index is 4.68. The lowest BCUT2D eigenvalue weighted by Gasteiger charge is -2.25. The lowest BCUT2D eigenvalue weighted by Crippen LogP contribution is -2.29. The van der Waals surface area contributed by atoms with Gasteiger partial charge in [0.05, 0.1) is 10.2 Å². The lowest BCUT2D eigenvalue weighted by atomic mass is 10.1. The number of fused-ring (bicyclic) bond motifs is 1. The van der Waals surface area contributed by atoms with Crippen molar-refractivity contribution in [2.24, 2.45) is 0 Å². The van der Waals surface area contributed by atoms with Gasteiger partial charge in [0.25, 0.3) is 0 Å². The van der Waals surface area contributed by atoms with E-state index in [0.717, 1.165) is 5.52 Å². The van der Waals surface area contributed by atoms with Crippen molar-refractivity contribution >= 4 is 26.7 Å². The van der Waals surface area contributed by atoms with E-state index in [0.29, 0.717) is 0 Å². The molecule has 3 rings (SSSR count). The molecule has 0 bridgehead atoms. The molecule has 0 saturated carbocycles. The fourth-order valence-corrected chi connectivity index (χ4v) is 3.10. The summed E-state index contributed by atoms with van der Waals surface area (Å²) in [6, 6.07) is 8.39. The van der Waals surface area contributed by atoms with Crippen LogP contribution in [0.2, 0.25) is 0 Å². The Hall–Kier alpha value is -1.13. The van der Waals surface area contributed by atoms with Gasteiger partial charge in [-0.1, -0.05) is 23.5 Å². The quantitative estimate of drug-likeness (QED) is 0.787. The lowest BCUT2D eigenvalue weighted by molar-refractivity contribution is 0.277. The molecule has 1 aromatic heterocycles. The van der Waals surface area contributed by atoms with Crippen LogP contribution in [-0.2, 0) is 4.74 Å². The molecule has 0 unspecified atom stereocenters. The predicted molar refractivity (Wildman–Crippen MR) is 78.6 cm³/mol. The summed E-state index contributed by atoms with van der Waals surface area (Å²) in [4.78, 5) is 7.11. The zero-order chi connectivity index (χ0) is 12.8. The van der Waals surface area contributed by atoms with Crippen LogP contribution in [-0.4, -0.2) is 32.3 Å². The number of thiazole rings is 1. The highest BCUT2D eigenvalue weighted by Gasteiger charge is 2.14. The van der Waals surface area contributed by atoms with Gasteiger partial charge in [-0.2, -0.15) is 0 Å². The van der Waals surface area contributed by atoms with Crippen molar-refractivity contribution in [2.45, 2.75) is 19.3 Å². The molecule has 0 N–H and O–H groups in total. The number of anilines is 1. The fraction of sp³-hybridized carbons (Fsp3) is 0.500. The number of hydrogen-bond acceptors (Lipinski definition) is 4. The summed E-state index contributed by atoms with van der Waals surface area (Å²) in [5.74, 6) is 0. The molecule has 0 aliphatic carbocycles. The number of piperidine rings is 1. The van der Waals surface area contributed by atoms with Gasteiger partial charge in [-0.25, -0.2) is 4.98 Å². The molecule has 4 heteroatoms. The molecule has 2 heterocycles. The number of para-hydroxylation sites is 1. The molecular weight excluding hydrogens is 244 g/mol. The van der Waals surface area contributed by atoms with E-state index in [1.165, 1.54) is 42.2 Å². The standard InChI is InChI=1S/C12H14N2S.C2H6O/c1-4-8-14(9-5-1)12-13-10-6-2-3-7-11(10)15-12;1-3-2/h2-3,6-7H,1,4-5,8-9H2;1-2H3. The highest BCUT2D eigenvalue weighted by molar-refractivity contribution is 7.22. The van der Waals surface area contributed by atoms with Gasteiger partial charge < -0.3 is 9.64 Å². The van der Waals surface area contributed by atoms with Crippen molar-refractivity contribution in [1.82, 2.24) is 4.98 Å². The average Bonchev–Trinajstić information content (AvgIpc) is 2.84. The molecule has 2 aromatic rings. The molecule has 1 aliphatic rings. The highest BCUT2D eigenvalue weighted by atomic mass is 32.1. The van der Waals surface area contributed by atoms with Crippen LogP contribution < -0.4 is 4.90 Å². The van der Waals surface area contributed by atoms with E-state index >= 15 is 0 Å². The number of ether oxygens (including phenoxy) is 1. The molecule has 1 aliphatic heterocycles. The van der Waals surface area contributed by atoms with Crippen molar-refractivity contribution in [1.29, 1.82) is 0 Å². The Morgan fingerprint density at radius 1 is 1.11 bits per heavy atom. The minimum atomic E-state index is 1.14. The summed E-state index contributed by atoms with van der Waals surface area (Å²) in [6.07, 6.45) is 4.01. The van der Waals surface area contributed by atoms with Gasteiger partial charge in [-0.15, -0.1) is 0 Å². The number of rotatable bonds is 1. The number of aromatic nitrogens is 1. The number of benzene rings is 1. The van der Waals surface area contributed by atoms with Crippen molar-refractivity contribution in [2.75, 3.05) is 32.2 Å². The Kier molecular flexibility index (Phi) is 4.96. The number of hydrogen-bond donors (Lipinski definition) is 0. The van der Waals surface area contributed by atoms with Crippen molar-refractivity contribution in [3.8, 4) is 0 Å². The molecule has 1 saturated heterocycles. The van der Waals surface area contributed by atoms with Gasteiger partial charge in [-0.3, -0.25) is 0 Å². The molecular formula is C14H20N2OS. The molecule has 98 valence electrons. The highest BCUT2D eigenvalue weighted by Crippen LogP contribution is 2.29. The summed E-state index contributed by atoms with van der Waals surface area (Å²) in [5.41, 5.74) is 1.14. The first-order valence-electron chi connectivity index (χ1n) is 6.36. The third kappa shape index (κ3) is 3.21. The van der Waals surface area contributed by atoms with Gasteiger partial charge in [0.1, 0.15) is 0 Å². The van der Waals surface area contributed by atoms with Crippen molar-refractivity contribution in [3.63, 3.8) is 0 Å². The first-order chi connectivity index (χ1) is 8.85. The first kappa shape index (κ1) is 13.3. The van der Waals surface area contributed by atoms with Crippen LogP contribution >= 0.6 is 11.3 Å². The topological polar surface area (TPSA) is 25.4 Å². The normalized spacial score (nSPS) is 15.3. The van der Waals surface area contributed by atoms with Gasteiger partial charge >= 0.3 is 0 Å². The van der Waals surface area contributed by atoms with Gasteiger partial charge in [0.2, 0.25) is 0 Å². The van der Waals surface area contributed by atoms with E-state index in [9.17, 15) is 0 Å². The minimum absolute atomic E-state index is 1.14. The maximum absolute atomic E-state index is 4.68. The molecule has 18 heavy (non-hydrogen) atoms. The maximum Gasteiger partial charge on any atom is 0.186 e. The predicted octanol–water partition coefficient (Wildman–Crippen LogP) is 3.55. The van der Waals surface area contributed by atoms with Crippen LogP contribution in [0.15, 0.2) is 24.3 Å². The van der Waals surface area contributed by atoms with E-state index in [2.05, 4.69) is 38.9 Å². The molecule has 3 nitrogen and oxygen atoms in total. The van der Waals surface area contributed by atoms with E-state index in [1.54, 1.807) is 14.2 Å². The van der Waals surface area contributed by atoms with Crippen LogP contribution in [0.1, 0.15) is 19.3 Å². The summed E-state index contributed by atoms with van der Waals surface area (Å²) < 4.78 is 5.55. The Bertz CT molecular complexity index is 444. The van der Waals surface area contributed by atoms with Crippen LogP contribution in [0, 0.1) is 0 Å². The largest absolute Gasteiger partial charge is 0.388 e. The molecule has 0 amide bonds. The zero-order valence-electron chi connectivity index (χ0n) is 11.1. The number of methoxy groups -OCH3 is 1. The van der Waals surface area contributed by atoms with E-state index in [4.69, 9.17) is 0 Å². The Balaban J connectivity index is 0.000000367. The fourth-order valence-electron chi connectivity index (χ4n) is 2.08.